The number of carbonyl (C=O) groups excluding carboxylic acids is 2. The van der Waals surface area contributed by atoms with Crippen molar-refractivity contribution in [3.63, 3.8) is 0 Å². The Kier molecular flexibility index (Phi) is 4.39. The molecule has 1 aliphatic heterocycles. The highest BCUT2D eigenvalue weighted by atomic mass is 16.5. The van der Waals surface area contributed by atoms with Crippen molar-refractivity contribution in [2.75, 3.05) is 13.7 Å². The fourth-order valence-corrected chi connectivity index (χ4v) is 2.48. The van der Waals surface area contributed by atoms with Gasteiger partial charge in [-0.15, -0.1) is 0 Å². The molecule has 0 aliphatic carbocycles. The lowest BCUT2D eigenvalue weighted by atomic mass is 10.1. The molecule has 2 heterocycles. The Labute approximate surface area is 117 Å². The Hall–Kier alpha value is -1.89. The van der Waals surface area contributed by atoms with Crippen LogP contribution in [0.15, 0.2) is 10.6 Å². The highest BCUT2D eigenvalue weighted by Crippen LogP contribution is 2.31. The third-order valence-electron chi connectivity index (χ3n) is 3.50. The van der Waals surface area contributed by atoms with E-state index in [1.807, 2.05) is 0 Å². The van der Waals surface area contributed by atoms with Crippen LogP contribution in [0.2, 0.25) is 0 Å². The zero-order chi connectivity index (χ0) is 14.7. The first-order valence-corrected chi connectivity index (χ1v) is 6.59. The van der Waals surface area contributed by atoms with Gasteiger partial charge in [0.1, 0.15) is 17.5 Å². The molecule has 2 atom stereocenters. The molecular formula is C13H19N3O4. The normalized spacial score (nSPS) is 19.9. The standard InChI is InChI=1S/C13H19N3O4/c1-8(17)16-5-3-4-12(16)11-7-9(20-15-11)6-10(14)13(18)19-2/h7,10,12H,3-6,14H2,1-2H3. The minimum Gasteiger partial charge on any atom is -0.468 e. The van der Waals surface area contributed by atoms with E-state index < -0.39 is 12.0 Å². The molecule has 110 valence electrons. The van der Waals surface area contributed by atoms with Crippen LogP contribution in [0.5, 0.6) is 0 Å². The summed E-state index contributed by atoms with van der Waals surface area (Å²) in [5.74, 6) is 0.0609. The summed E-state index contributed by atoms with van der Waals surface area (Å²) in [5.41, 5.74) is 6.38. The molecule has 7 nitrogen and oxygen atoms in total. The van der Waals surface area contributed by atoms with E-state index in [-0.39, 0.29) is 18.4 Å². The third-order valence-corrected chi connectivity index (χ3v) is 3.50. The molecule has 7 heteroatoms. The summed E-state index contributed by atoms with van der Waals surface area (Å²) in [6.07, 6.45) is 2.05. The quantitative estimate of drug-likeness (QED) is 0.802. The Morgan fingerprint density at radius 2 is 2.40 bits per heavy atom. The molecule has 1 amide bonds. The highest BCUT2D eigenvalue weighted by Gasteiger charge is 2.30. The Morgan fingerprint density at radius 3 is 3.05 bits per heavy atom. The molecular weight excluding hydrogens is 262 g/mol. The minimum atomic E-state index is -0.770. The summed E-state index contributed by atoms with van der Waals surface area (Å²) in [6.45, 7) is 2.29. The largest absolute Gasteiger partial charge is 0.468 e. The molecule has 1 aromatic rings. The predicted octanol–water partition coefficient (Wildman–Crippen LogP) is 0.401. The van der Waals surface area contributed by atoms with Crippen molar-refractivity contribution in [1.82, 2.24) is 10.1 Å². The van der Waals surface area contributed by atoms with Gasteiger partial charge in [-0.1, -0.05) is 5.16 Å². The van der Waals surface area contributed by atoms with Crippen molar-refractivity contribution >= 4 is 11.9 Å². The van der Waals surface area contributed by atoms with Crippen LogP contribution < -0.4 is 5.73 Å². The minimum absolute atomic E-state index is 0.0308. The lowest BCUT2D eigenvalue weighted by molar-refractivity contribution is -0.142. The van der Waals surface area contributed by atoms with Gasteiger partial charge in [-0.25, -0.2) is 0 Å². The molecule has 0 aromatic carbocycles. The Bertz CT molecular complexity index is 500. The van der Waals surface area contributed by atoms with Crippen LogP contribution in [0.4, 0.5) is 0 Å². The first-order chi connectivity index (χ1) is 9.52. The van der Waals surface area contributed by atoms with Crippen LogP contribution in [-0.4, -0.2) is 41.6 Å². The lowest BCUT2D eigenvalue weighted by Crippen LogP contribution is -2.33. The number of aromatic nitrogens is 1. The van der Waals surface area contributed by atoms with E-state index in [9.17, 15) is 9.59 Å². The topological polar surface area (TPSA) is 98.7 Å². The molecule has 0 radical (unpaired) electrons. The smallest absolute Gasteiger partial charge is 0.323 e. The van der Waals surface area contributed by atoms with Gasteiger partial charge >= 0.3 is 5.97 Å². The van der Waals surface area contributed by atoms with Crippen LogP contribution in [0.3, 0.4) is 0 Å². The zero-order valence-corrected chi connectivity index (χ0v) is 11.7. The van der Waals surface area contributed by atoms with E-state index in [0.717, 1.165) is 19.4 Å². The average Bonchev–Trinajstić information content (AvgIpc) is 3.05. The van der Waals surface area contributed by atoms with E-state index >= 15 is 0 Å². The number of amides is 1. The maximum atomic E-state index is 11.5. The number of carbonyl (C=O) groups is 2. The van der Waals surface area contributed by atoms with Gasteiger partial charge in [-0.2, -0.15) is 0 Å². The molecule has 20 heavy (non-hydrogen) atoms. The van der Waals surface area contributed by atoms with Gasteiger partial charge in [0.05, 0.1) is 13.2 Å². The number of esters is 1. The molecule has 2 unspecified atom stereocenters. The van der Waals surface area contributed by atoms with Crippen LogP contribution >= 0.6 is 0 Å². The Balaban J connectivity index is 2.05. The molecule has 2 rings (SSSR count). The summed E-state index contributed by atoms with van der Waals surface area (Å²) >= 11 is 0. The van der Waals surface area contributed by atoms with Crippen molar-refractivity contribution in [2.45, 2.75) is 38.3 Å². The predicted molar refractivity (Wildman–Crippen MR) is 69.6 cm³/mol. The number of nitrogens with zero attached hydrogens (tertiary/aromatic N) is 2. The Morgan fingerprint density at radius 1 is 1.65 bits per heavy atom. The van der Waals surface area contributed by atoms with Gasteiger partial charge in [-0.05, 0) is 12.8 Å². The molecule has 0 bridgehead atoms. The van der Waals surface area contributed by atoms with Crippen molar-refractivity contribution in [3.8, 4) is 0 Å². The maximum absolute atomic E-state index is 11.5. The van der Waals surface area contributed by atoms with E-state index in [0.29, 0.717) is 11.5 Å². The van der Waals surface area contributed by atoms with E-state index in [1.54, 1.807) is 17.9 Å². The van der Waals surface area contributed by atoms with Crippen LogP contribution in [-0.2, 0) is 20.7 Å². The molecule has 1 saturated heterocycles. The molecule has 1 aliphatic rings. The SMILES string of the molecule is COC(=O)C(N)Cc1cc(C2CCCN2C(C)=O)no1. The molecule has 1 aromatic heterocycles. The number of hydrogen-bond donors (Lipinski definition) is 1. The second-order valence-corrected chi connectivity index (χ2v) is 4.92. The molecule has 1 fully saturated rings. The number of likely N-dealkylation sites (tertiary alicyclic amines) is 1. The fourth-order valence-electron chi connectivity index (χ4n) is 2.48. The average molecular weight is 281 g/mol. The van der Waals surface area contributed by atoms with Crippen LogP contribution in [0, 0.1) is 0 Å². The van der Waals surface area contributed by atoms with Crippen molar-refractivity contribution in [1.29, 1.82) is 0 Å². The first-order valence-electron chi connectivity index (χ1n) is 6.59. The number of methoxy groups -OCH3 is 1. The second-order valence-electron chi connectivity index (χ2n) is 4.92. The number of rotatable bonds is 4. The van der Waals surface area contributed by atoms with Gasteiger partial charge in [0.15, 0.2) is 0 Å². The van der Waals surface area contributed by atoms with E-state index in [1.165, 1.54) is 7.11 Å². The fraction of sp³-hybridized carbons (Fsp3) is 0.615. The monoisotopic (exact) mass is 281 g/mol. The van der Waals surface area contributed by atoms with Crippen LogP contribution in [0.1, 0.15) is 37.3 Å². The van der Waals surface area contributed by atoms with Crippen molar-refractivity contribution < 1.29 is 18.8 Å². The van der Waals surface area contributed by atoms with Gasteiger partial charge in [0, 0.05) is 26.0 Å². The van der Waals surface area contributed by atoms with E-state index in [4.69, 9.17) is 10.3 Å². The third kappa shape index (κ3) is 2.98. The summed E-state index contributed by atoms with van der Waals surface area (Å²) in [6, 6.07) is 0.946. The maximum Gasteiger partial charge on any atom is 0.323 e. The van der Waals surface area contributed by atoms with Crippen molar-refractivity contribution in [2.24, 2.45) is 5.73 Å². The van der Waals surface area contributed by atoms with Gasteiger partial charge in [0.2, 0.25) is 5.91 Å². The molecule has 0 saturated carbocycles. The van der Waals surface area contributed by atoms with Crippen LogP contribution in [0.25, 0.3) is 0 Å². The summed E-state index contributed by atoms with van der Waals surface area (Å²) < 4.78 is 9.76. The summed E-state index contributed by atoms with van der Waals surface area (Å²) in [5, 5.41) is 3.99. The van der Waals surface area contributed by atoms with Gasteiger partial charge < -0.3 is 19.9 Å². The molecule has 0 spiro atoms. The zero-order valence-electron chi connectivity index (χ0n) is 11.7. The van der Waals surface area contributed by atoms with Gasteiger partial charge in [0.25, 0.3) is 0 Å². The lowest BCUT2D eigenvalue weighted by Gasteiger charge is -2.20. The molecule has 2 N–H and O–H groups in total. The first kappa shape index (κ1) is 14.5. The van der Waals surface area contributed by atoms with E-state index in [2.05, 4.69) is 9.89 Å². The highest BCUT2D eigenvalue weighted by molar-refractivity contribution is 5.75. The second kappa shape index (κ2) is 6.04. The number of nitrogens with two attached hydrogens (primary N) is 1. The van der Waals surface area contributed by atoms with Gasteiger partial charge in [-0.3, -0.25) is 9.59 Å². The van der Waals surface area contributed by atoms with Crippen molar-refractivity contribution in [3.05, 3.63) is 17.5 Å². The summed E-state index contributed by atoms with van der Waals surface area (Å²) in [7, 11) is 1.29. The summed E-state index contributed by atoms with van der Waals surface area (Å²) in [4.78, 5) is 24.6. The number of hydrogen-bond acceptors (Lipinski definition) is 6. The number of ether oxygens (including phenoxy) is 1.